The zero-order valence-corrected chi connectivity index (χ0v) is 15.6. The van der Waals surface area contributed by atoms with E-state index in [9.17, 15) is 9.18 Å². The largest absolute Gasteiger partial charge is 0.486 e. The molecule has 1 fully saturated rings. The van der Waals surface area contributed by atoms with E-state index >= 15 is 0 Å². The number of para-hydroxylation sites is 1. The highest BCUT2D eigenvalue weighted by atomic mass is 32.1. The average molecular weight is 399 g/mol. The number of anilines is 1. The van der Waals surface area contributed by atoms with Crippen LogP contribution in [0.3, 0.4) is 0 Å². The van der Waals surface area contributed by atoms with E-state index in [0.717, 1.165) is 5.56 Å². The monoisotopic (exact) mass is 399 g/mol. The number of amides is 1. The van der Waals surface area contributed by atoms with Crippen LogP contribution in [0.4, 0.5) is 10.1 Å². The summed E-state index contributed by atoms with van der Waals surface area (Å²) in [6.45, 7) is 4.89. The smallest absolute Gasteiger partial charge is 0.235 e. The number of halogens is 1. The Hall–Kier alpha value is -3.13. The summed E-state index contributed by atoms with van der Waals surface area (Å²) in [4.78, 5) is 13.0. The summed E-state index contributed by atoms with van der Waals surface area (Å²) >= 11 is 5.24. The minimum atomic E-state index is -0.728. The second-order valence-corrected chi connectivity index (χ2v) is 6.86. The molecule has 144 valence electrons. The first kappa shape index (κ1) is 18.2. The number of hydrogen-bond donors (Lipinski definition) is 3. The number of hydrogen-bond acceptors (Lipinski definition) is 4. The van der Waals surface area contributed by atoms with Gasteiger partial charge in [-0.1, -0.05) is 24.8 Å². The number of rotatable bonds is 3. The van der Waals surface area contributed by atoms with Crippen LogP contribution in [0.2, 0.25) is 0 Å². The van der Waals surface area contributed by atoms with Gasteiger partial charge in [0.2, 0.25) is 5.91 Å². The number of carbonyl (C=O) groups excluding carboxylic acids is 1. The van der Waals surface area contributed by atoms with Crippen LogP contribution >= 0.6 is 12.2 Å². The second kappa shape index (κ2) is 7.47. The molecule has 2 aromatic carbocycles. The van der Waals surface area contributed by atoms with Gasteiger partial charge in [-0.3, -0.25) is 4.79 Å². The Morgan fingerprint density at radius 1 is 1.18 bits per heavy atom. The zero-order chi connectivity index (χ0) is 19.7. The van der Waals surface area contributed by atoms with Crippen molar-refractivity contribution >= 4 is 28.9 Å². The molecular formula is C20H18FN3O3S. The van der Waals surface area contributed by atoms with Gasteiger partial charge in [0.15, 0.2) is 16.6 Å². The maximum Gasteiger partial charge on any atom is 0.235 e. The summed E-state index contributed by atoms with van der Waals surface area (Å²) in [5.41, 5.74) is 1.31. The molecule has 8 heteroatoms. The van der Waals surface area contributed by atoms with Crippen LogP contribution in [0.25, 0.3) is 0 Å². The van der Waals surface area contributed by atoms with Gasteiger partial charge in [-0.2, -0.15) is 0 Å². The first-order valence-electron chi connectivity index (χ1n) is 8.74. The topological polar surface area (TPSA) is 71.6 Å². The molecule has 0 saturated carbocycles. The lowest BCUT2D eigenvalue weighted by Crippen LogP contribution is -2.51. The van der Waals surface area contributed by atoms with Gasteiger partial charge in [0.25, 0.3) is 0 Å². The highest BCUT2D eigenvalue weighted by Crippen LogP contribution is 2.37. The average Bonchev–Trinajstić information content (AvgIpc) is 2.68. The zero-order valence-electron chi connectivity index (χ0n) is 14.8. The van der Waals surface area contributed by atoms with Crippen molar-refractivity contribution in [2.24, 2.45) is 5.92 Å². The van der Waals surface area contributed by atoms with Gasteiger partial charge in [0.1, 0.15) is 24.9 Å². The summed E-state index contributed by atoms with van der Waals surface area (Å²) in [6.07, 6.45) is 0. The van der Waals surface area contributed by atoms with Crippen molar-refractivity contribution in [3.05, 3.63) is 66.1 Å². The van der Waals surface area contributed by atoms with Gasteiger partial charge < -0.3 is 25.4 Å². The lowest BCUT2D eigenvalue weighted by molar-refractivity contribution is -0.119. The molecular weight excluding hydrogens is 381 g/mol. The predicted molar refractivity (Wildman–Crippen MR) is 107 cm³/mol. The standard InChI is InChI=1S/C20H18FN3O3S/c1-11-17(19(25)23-14-5-3-2-4-13(14)21)18(24-20(28)22-11)12-6-7-15-16(10-12)27-9-8-26-15/h2-7,10,17-18H,1,8-9H2,(H,23,25)(H2,22,24,28)/t17-,18+/m0/s1. The van der Waals surface area contributed by atoms with Gasteiger partial charge in [-0.05, 0) is 42.0 Å². The minimum Gasteiger partial charge on any atom is -0.486 e. The molecule has 28 heavy (non-hydrogen) atoms. The van der Waals surface area contributed by atoms with Crippen molar-refractivity contribution in [2.45, 2.75) is 6.04 Å². The molecule has 6 nitrogen and oxygen atoms in total. The third-order valence-corrected chi connectivity index (χ3v) is 4.83. The van der Waals surface area contributed by atoms with Crippen molar-refractivity contribution in [2.75, 3.05) is 18.5 Å². The van der Waals surface area contributed by atoms with Crippen LogP contribution in [0.1, 0.15) is 11.6 Å². The minimum absolute atomic E-state index is 0.106. The number of benzene rings is 2. The highest BCUT2D eigenvalue weighted by Gasteiger charge is 2.37. The fourth-order valence-electron chi connectivity index (χ4n) is 3.30. The molecule has 2 aliphatic rings. The van der Waals surface area contributed by atoms with Crippen LogP contribution in [0.5, 0.6) is 11.5 Å². The SMILES string of the molecule is C=C1NC(=S)N[C@H](c2ccc3c(c2)OCCO3)[C@H]1C(=O)Nc1ccccc1F. The van der Waals surface area contributed by atoms with Gasteiger partial charge in [0.05, 0.1) is 11.7 Å². The third kappa shape index (κ3) is 3.50. The Balaban J connectivity index is 1.65. The quantitative estimate of drug-likeness (QED) is 0.690. The number of ether oxygens (including phenoxy) is 2. The van der Waals surface area contributed by atoms with E-state index in [4.69, 9.17) is 21.7 Å². The number of carbonyl (C=O) groups is 1. The molecule has 2 aliphatic heterocycles. The fourth-order valence-corrected chi connectivity index (χ4v) is 3.56. The molecule has 2 atom stereocenters. The van der Waals surface area contributed by atoms with Crippen molar-refractivity contribution in [1.29, 1.82) is 0 Å². The van der Waals surface area contributed by atoms with Gasteiger partial charge in [0, 0.05) is 5.70 Å². The summed E-state index contributed by atoms with van der Waals surface area (Å²) < 4.78 is 25.2. The summed E-state index contributed by atoms with van der Waals surface area (Å²) in [7, 11) is 0. The number of thiocarbonyl (C=S) groups is 1. The van der Waals surface area contributed by atoms with Crippen molar-refractivity contribution in [3.8, 4) is 11.5 Å². The lowest BCUT2D eigenvalue weighted by Gasteiger charge is -2.35. The Labute approximate surface area is 166 Å². The Morgan fingerprint density at radius 2 is 1.93 bits per heavy atom. The van der Waals surface area contributed by atoms with Crippen LogP contribution in [-0.2, 0) is 4.79 Å². The molecule has 3 N–H and O–H groups in total. The third-order valence-electron chi connectivity index (χ3n) is 4.61. The second-order valence-electron chi connectivity index (χ2n) is 6.45. The van der Waals surface area contributed by atoms with Crippen molar-refractivity contribution in [1.82, 2.24) is 10.6 Å². The maximum atomic E-state index is 14.0. The summed E-state index contributed by atoms with van der Waals surface area (Å²) in [5.74, 6) is -0.387. The maximum absolute atomic E-state index is 14.0. The molecule has 2 heterocycles. The summed E-state index contributed by atoms with van der Waals surface area (Å²) in [5, 5.41) is 8.99. The normalized spacial score (nSPS) is 20.8. The summed E-state index contributed by atoms with van der Waals surface area (Å²) in [6, 6.07) is 11.0. The molecule has 0 radical (unpaired) electrons. The lowest BCUT2D eigenvalue weighted by atomic mass is 9.88. The molecule has 1 amide bonds. The first-order chi connectivity index (χ1) is 13.5. The van der Waals surface area contributed by atoms with Gasteiger partial charge >= 0.3 is 0 Å². The Morgan fingerprint density at radius 3 is 2.71 bits per heavy atom. The molecule has 0 unspecified atom stereocenters. The molecule has 0 aliphatic carbocycles. The van der Waals surface area contributed by atoms with Crippen LogP contribution < -0.4 is 25.4 Å². The van der Waals surface area contributed by atoms with E-state index in [1.807, 2.05) is 12.1 Å². The molecule has 0 bridgehead atoms. The van der Waals surface area contributed by atoms with E-state index in [1.165, 1.54) is 12.1 Å². The highest BCUT2D eigenvalue weighted by molar-refractivity contribution is 7.80. The van der Waals surface area contributed by atoms with Crippen LogP contribution in [-0.4, -0.2) is 24.2 Å². The van der Waals surface area contributed by atoms with Crippen molar-refractivity contribution in [3.63, 3.8) is 0 Å². The van der Waals surface area contributed by atoms with E-state index in [2.05, 4.69) is 22.5 Å². The molecule has 2 aromatic rings. The Bertz CT molecular complexity index is 965. The molecule has 1 saturated heterocycles. The van der Waals surface area contributed by atoms with E-state index < -0.39 is 23.7 Å². The number of nitrogens with one attached hydrogen (secondary N) is 3. The predicted octanol–water partition coefficient (Wildman–Crippen LogP) is 2.88. The van der Waals surface area contributed by atoms with Gasteiger partial charge in [-0.15, -0.1) is 0 Å². The van der Waals surface area contributed by atoms with E-state index in [1.54, 1.807) is 18.2 Å². The van der Waals surface area contributed by atoms with Crippen molar-refractivity contribution < 1.29 is 18.7 Å². The molecule has 0 spiro atoms. The van der Waals surface area contributed by atoms with Crippen LogP contribution in [0.15, 0.2) is 54.7 Å². The van der Waals surface area contributed by atoms with E-state index in [-0.39, 0.29) is 5.69 Å². The number of fused-ring (bicyclic) bond motifs is 1. The Kier molecular flexibility index (Phi) is 4.87. The first-order valence-corrected chi connectivity index (χ1v) is 9.15. The molecule has 4 rings (SSSR count). The van der Waals surface area contributed by atoms with Crippen LogP contribution in [0, 0.1) is 11.7 Å². The van der Waals surface area contributed by atoms with Gasteiger partial charge in [-0.25, -0.2) is 4.39 Å². The molecule has 0 aromatic heterocycles. The van der Waals surface area contributed by atoms with E-state index in [0.29, 0.717) is 35.5 Å². The fraction of sp³-hybridized carbons (Fsp3) is 0.200.